The molecule has 5 heteroatoms. The first kappa shape index (κ1) is 13.3. The summed E-state index contributed by atoms with van der Waals surface area (Å²) in [4.78, 5) is 0. The molecule has 6 N–H and O–H groups in total. The molecule has 0 radical (unpaired) electrons. The monoisotopic (exact) mass is 234 g/mol. The van der Waals surface area contributed by atoms with Gasteiger partial charge in [-0.05, 0) is 11.8 Å². The van der Waals surface area contributed by atoms with Gasteiger partial charge in [0.1, 0.15) is 0 Å². The number of furan rings is 1. The molecule has 1 rings (SSSR count). The Hall–Kier alpha value is -1.76. The molecular formula is C12H14N2O3. The summed E-state index contributed by atoms with van der Waals surface area (Å²) in [5, 5.41) is 18.5. The highest BCUT2D eigenvalue weighted by Crippen LogP contribution is 2.22. The van der Waals surface area contributed by atoms with Crippen LogP contribution >= 0.6 is 0 Å². The zero-order valence-corrected chi connectivity index (χ0v) is 9.29. The predicted octanol–water partition coefficient (Wildman–Crippen LogP) is -1.12. The van der Waals surface area contributed by atoms with Gasteiger partial charge in [0.2, 0.25) is 0 Å². The van der Waals surface area contributed by atoms with Gasteiger partial charge in [0.05, 0.1) is 26.3 Å². The van der Waals surface area contributed by atoms with E-state index in [2.05, 4.69) is 23.7 Å². The Bertz CT molecular complexity index is 453. The fraction of sp³-hybridized carbons (Fsp3) is 0.333. The maximum Gasteiger partial charge on any atom is 0.184 e. The van der Waals surface area contributed by atoms with E-state index in [9.17, 15) is 10.2 Å². The second kappa shape index (κ2) is 6.74. The summed E-state index contributed by atoms with van der Waals surface area (Å²) in [5.74, 6) is 11.2. The van der Waals surface area contributed by atoms with Crippen LogP contribution in [0.5, 0.6) is 0 Å². The maximum absolute atomic E-state index is 9.23. The highest BCUT2D eigenvalue weighted by molar-refractivity contribution is 5.47. The van der Waals surface area contributed by atoms with E-state index >= 15 is 0 Å². The molecule has 0 fully saturated rings. The van der Waals surface area contributed by atoms with Crippen LogP contribution in [0, 0.1) is 23.7 Å². The van der Waals surface area contributed by atoms with Gasteiger partial charge >= 0.3 is 0 Å². The van der Waals surface area contributed by atoms with Crippen molar-refractivity contribution >= 4 is 0 Å². The summed E-state index contributed by atoms with van der Waals surface area (Å²) in [6.45, 7) is -0.190. The molecule has 0 aliphatic heterocycles. The average molecular weight is 234 g/mol. The summed E-state index contributed by atoms with van der Waals surface area (Å²) >= 11 is 0. The van der Waals surface area contributed by atoms with Gasteiger partial charge in [-0.2, -0.15) is 0 Å². The minimum absolute atomic E-state index is 0.184. The van der Waals surface area contributed by atoms with Crippen molar-refractivity contribution in [3.63, 3.8) is 0 Å². The number of nitrogens with two attached hydrogens (primary N) is 2. The van der Waals surface area contributed by atoms with Crippen LogP contribution in [-0.2, 0) is 13.2 Å². The third-order valence-corrected chi connectivity index (χ3v) is 2.04. The first-order chi connectivity index (χ1) is 8.28. The second-order valence-electron chi connectivity index (χ2n) is 3.05. The quantitative estimate of drug-likeness (QED) is 0.485. The molecule has 0 unspecified atom stereocenters. The first-order valence-electron chi connectivity index (χ1n) is 5.02. The zero-order valence-electron chi connectivity index (χ0n) is 9.29. The lowest BCUT2D eigenvalue weighted by atomic mass is 10.1. The van der Waals surface area contributed by atoms with Crippen LogP contribution < -0.4 is 11.5 Å². The van der Waals surface area contributed by atoms with Crippen LogP contribution in [0.15, 0.2) is 4.42 Å². The first-order valence-corrected chi connectivity index (χ1v) is 5.02. The van der Waals surface area contributed by atoms with Crippen LogP contribution in [0.1, 0.15) is 22.6 Å². The van der Waals surface area contributed by atoms with E-state index < -0.39 is 0 Å². The van der Waals surface area contributed by atoms with Crippen LogP contribution in [0.25, 0.3) is 0 Å². The lowest BCUT2D eigenvalue weighted by Crippen LogP contribution is -1.95. The van der Waals surface area contributed by atoms with Crippen molar-refractivity contribution in [2.45, 2.75) is 13.2 Å². The van der Waals surface area contributed by atoms with Gasteiger partial charge in [0.25, 0.3) is 0 Å². The third kappa shape index (κ3) is 3.10. The van der Waals surface area contributed by atoms with Gasteiger partial charge in [-0.3, -0.25) is 0 Å². The molecule has 0 bridgehead atoms. The van der Waals surface area contributed by atoms with Crippen molar-refractivity contribution in [2.75, 3.05) is 13.1 Å². The Balaban J connectivity index is 3.27. The number of rotatable bonds is 2. The SMILES string of the molecule is NCC#Cc1oc(C#CCN)c(CO)c1CO. The van der Waals surface area contributed by atoms with Gasteiger partial charge in [0.15, 0.2) is 11.5 Å². The molecule has 0 saturated carbocycles. The standard InChI is InChI=1S/C12H14N2O3/c13-5-1-3-11-9(7-15)10(8-16)12(17-11)4-2-6-14/h15-16H,5-8,13-14H2. The summed E-state index contributed by atoms with van der Waals surface area (Å²) < 4.78 is 5.35. The van der Waals surface area contributed by atoms with E-state index in [0.717, 1.165) is 0 Å². The largest absolute Gasteiger partial charge is 0.439 e. The van der Waals surface area contributed by atoms with E-state index in [-0.39, 0.29) is 37.8 Å². The van der Waals surface area contributed by atoms with Crippen LogP contribution in [-0.4, -0.2) is 23.3 Å². The van der Waals surface area contributed by atoms with Crippen molar-refractivity contribution in [3.8, 4) is 23.7 Å². The van der Waals surface area contributed by atoms with E-state index in [1.807, 2.05) is 0 Å². The van der Waals surface area contributed by atoms with Crippen molar-refractivity contribution in [1.82, 2.24) is 0 Å². The molecule has 1 aromatic rings. The molecule has 1 aromatic heterocycles. The molecule has 0 aliphatic carbocycles. The van der Waals surface area contributed by atoms with Gasteiger partial charge in [-0.15, -0.1) is 0 Å². The Morgan fingerprint density at radius 2 is 1.29 bits per heavy atom. The van der Waals surface area contributed by atoms with E-state index in [1.165, 1.54) is 0 Å². The second-order valence-corrected chi connectivity index (χ2v) is 3.05. The number of aliphatic hydroxyl groups excluding tert-OH is 2. The number of hydrogen-bond donors (Lipinski definition) is 4. The summed E-state index contributed by atoms with van der Waals surface area (Å²) in [6.07, 6.45) is 0. The molecule has 17 heavy (non-hydrogen) atoms. The fourth-order valence-electron chi connectivity index (χ4n) is 1.30. The highest BCUT2D eigenvalue weighted by Gasteiger charge is 2.16. The minimum atomic E-state index is -0.279. The zero-order chi connectivity index (χ0) is 12.7. The molecule has 0 saturated heterocycles. The van der Waals surface area contributed by atoms with Crippen LogP contribution in [0.3, 0.4) is 0 Å². The average Bonchev–Trinajstić information content (AvgIpc) is 2.70. The molecule has 0 amide bonds. The van der Waals surface area contributed by atoms with E-state index in [0.29, 0.717) is 11.1 Å². The van der Waals surface area contributed by atoms with Crippen LogP contribution in [0.2, 0.25) is 0 Å². The number of aliphatic hydroxyl groups is 2. The highest BCUT2D eigenvalue weighted by atomic mass is 16.3. The minimum Gasteiger partial charge on any atom is -0.439 e. The molecule has 0 aliphatic rings. The molecule has 0 atom stereocenters. The summed E-state index contributed by atoms with van der Waals surface area (Å²) in [7, 11) is 0. The topological polar surface area (TPSA) is 106 Å². The Morgan fingerprint density at radius 3 is 1.59 bits per heavy atom. The number of hydrogen-bond acceptors (Lipinski definition) is 5. The molecule has 0 aromatic carbocycles. The van der Waals surface area contributed by atoms with Crippen molar-refractivity contribution < 1.29 is 14.6 Å². The molecular weight excluding hydrogens is 220 g/mol. The van der Waals surface area contributed by atoms with Gasteiger partial charge in [0, 0.05) is 11.1 Å². The summed E-state index contributed by atoms with van der Waals surface area (Å²) in [5.41, 5.74) is 11.4. The van der Waals surface area contributed by atoms with Gasteiger partial charge in [-0.1, -0.05) is 11.8 Å². The lowest BCUT2D eigenvalue weighted by Gasteiger charge is -1.94. The maximum atomic E-state index is 9.23. The van der Waals surface area contributed by atoms with E-state index in [1.54, 1.807) is 0 Å². The lowest BCUT2D eigenvalue weighted by molar-refractivity contribution is 0.260. The Morgan fingerprint density at radius 1 is 0.882 bits per heavy atom. The normalized spacial score (nSPS) is 9.18. The van der Waals surface area contributed by atoms with Crippen molar-refractivity contribution in [3.05, 3.63) is 22.6 Å². The molecule has 90 valence electrons. The molecule has 1 heterocycles. The molecule has 0 spiro atoms. The third-order valence-electron chi connectivity index (χ3n) is 2.04. The Labute approximate surface area is 99.4 Å². The Kier molecular flexibility index (Phi) is 5.28. The van der Waals surface area contributed by atoms with E-state index in [4.69, 9.17) is 15.9 Å². The predicted molar refractivity (Wildman–Crippen MR) is 62.4 cm³/mol. The fourth-order valence-corrected chi connectivity index (χ4v) is 1.30. The smallest absolute Gasteiger partial charge is 0.184 e. The van der Waals surface area contributed by atoms with Crippen LogP contribution in [0.4, 0.5) is 0 Å². The van der Waals surface area contributed by atoms with Crippen molar-refractivity contribution in [2.24, 2.45) is 11.5 Å². The summed E-state index contributed by atoms with van der Waals surface area (Å²) in [6, 6.07) is 0. The molecule has 5 nitrogen and oxygen atoms in total. The van der Waals surface area contributed by atoms with Gasteiger partial charge in [-0.25, -0.2) is 0 Å². The van der Waals surface area contributed by atoms with Crippen molar-refractivity contribution in [1.29, 1.82) is 0 Å². The van der Waals surface area contributed by atoms with Gasteiger partial charge < -0.3 is 26.1 Å².